The Morgan fingerprint density at radius 3 is 2.25 bits per heavy atom. The lowest BCUT2D eigenvalue weighted by atomic mass is 9.79. The number of nitriles is 1. The van der Waals surface area contributed by atoms with Gasteiger partial charge in [0.1, 0.15) is 11.6 Å². The van der Waals surface area contributed by atoms with Gasteiger partial charge in [-0.2, -0.15) is 5.26 Å². The molecular weight excluding hydrogens is 348 g/mol. The first-order chi connectivity index (χ1) is 13.4. The molecule has 0 bridgehead atoms. The monoisotopic (exact) mass is 370 g/mol. The number of aryl methyl sites for hydroxylation is 4. The van der Waals surface area contributed by atoms with Crippen molar-refractivity contribution in [2.75, 3.05) is 0 Å². The van der Waals surface area contributed by atoms with Gasteiger partial charge in [0.05, 0.1) is 17.2 Å². The van der Waals surface area contributed by atoms with Gasteiger partial charge in [-0.15, -0.1) is 5.10 Å². The fourth-order valence-electron chi connectivity index (χ4n) is 4.12. The molecule has 0 aliphatic carbocycles. The van der Waals surface area contributed by atoms with Crippen molar-refractivity contribution in [1.82, 2.24) is 10.2 Å². The molecule has 0 radical (unpaired) electrons. The maximum atomic E-state index is 9.89. The first kappa shape index (κ1) is 17.9. The highest BCUT2D eigenvalue weighted by Crippen LogP contribution is 2.47. The molecule has 2 heterocycles. The quantitative estimate of drug-likeness (QED) is 0.694. The van der Waals surface area contributed by atoms with Crippen LogP contribution in [0.4, 0.5) is 0 Å². The van der Waals surface area contributed by atoms with Crippen molar-refractivity contribution in [2.45, 2.75) is 33.6 Å². The second-order valence-corrected chi connectivity index (χ2v) is 7.42. The summed E-state index contributed by atoms with van der Waals surface area (Å²) >= 11 is 0. The molecule has 5 nitrogen and oxygen atoms in total. The van der Waals surface area contributed by atoms with E-state index in [0.29, 0.717) is 11.5 Å². The van der Waals surface area contributed by atoms with Crippen molar-refractivity contribution < 1.29 is 4.74 Å². The van der Waals surface area contributed by atoms with E-state index >= 15 is 0 Å². The van der Waals surface area contributed by atoms with E-state index in [0.717, 1.165) is 33.5 Å². The van der Waals surface area contributed by atoms with Gasteiger partial charge < -0.3 is 10.5 Å². The molecule has 0 saturated carbocycles. The van der Waals surface area contributed by atoms with Crippen LogP contribution in [-0.4, -0.2) is 10.2 Å². The van der Waals surface area contributed by atoms with E-state index in [1.807, 2.05) is 19.1 Å². The minimum atomic E-state index is -0.329. The zero-order valence-corrected chi connectivity index (χ0v) is 16.4. The third-order valence-corrected chi connectivity index (χ3v) is 5.31. The van der Waals surface area contributed by atoms with Crippen LogP contribution in [-0.2, 0) is 0 Å². The average Bonchev–Trinajstić information content (AvgIpc) is 3.04. The molecule has 4 rings (SSSR count). The van der Waals surface area contributed by atoms with Crippen molar-refractivity contribution >= 4 is 0 Å². The fraction of sp³-hybridized carbons (Fsp3) is 0.217. The fourth-order valence-corrected chi connectivity index (χ4v) is 4.12. The third kappa shape index (κ3) is 2.74. The molecule has 5 heteroatoms. The minimum Gasteiger partial charge on any atom is -0.420 e. The van der Waals surface area contributed by atoms with Gasteiger partial charge in [-0.1, -0.05) is 47.5 Å². The summed E-state index contributed by atoms with van der Waals surface area (Å²) in [6.07, 6.45) is 0. The molecule has 1 unspecified atom stereocenters. The Morgan fingerprint density at radius 2 is 1.64 bits per heavy atom. The van der Waals surface area contributed by atoms with Gasteiger partial charge in [0.15, 0.2) is 0 Å². The number of hydrogen-bond acceptors (Lipinski definition) is 4. The van der Waals surface area contributed by atoms with Crippen LogP contribution >= 0.6 is 0 Å². The Kier molecular flexibility index (Phi) is 4.20. The summed E-state index contributed by atoms with van der Waals surface area (Å²) in [6, 6.07) is 14.7. The molecule has 2 aromatic carbocycles. The van der Waals surface area contributed by atoms with Crippen LogP contribution in [0.15, 0.2) is 47.9 Å². The highest BCUT2D eigenvalue weighted by Gasteiger charge is 2.37. The van der Waals surface area contributed by atoms with Crippen LogP contribution in [0.5, 0.6) is 5.88 Å². The third-order valence-electron chi connectivity index (χ3n) is 5.31. The van der Waals surface area contributed by atoms with Crippen molar-refractivity contribution in [2.24, 2.45) is 5.73 Å². The maximum Gasteiger partial charge on any atom is 0.244 e. The number of aromatic nitrogens is 2. The number of hydrogen-bond donors (Lipinski definition) is 2. The molecule has 0 spiro atoms. The van der Waals surface area contributed by atoms with Gasteiger partial charge in [-0.05, 0) is 44.4 Å². The van der Waals surface area contributed by atoms with Crippen LogP contribution in [0, 0.1) is 39.0 Å². The summed E-state index contributed by atoms with van der Waals surface area (Å²) in [7, 11) is 0. The van der Waals surface area contributed by atoms with E-state index < -0.39 is 0 Å². The topological polar surface area (TPSA) is 87.7 Å². The molecule has 0 amide bonds. The summed E-state index contributed by atoms with van der Waals surface area (Å²) in [6.45, 7) is 8.26. The van der Waals surface area contributed by atoms with Gasteiger partial charge in [0, 0.05) is 5.56 Å². The molecule has 1 aliphatic heterocycles. The number of rotatable bonds is 2. The summed E-state index contributed by atoms with van der Waals surface area (Å²) in [5, 5.41) is 17.3. The smallest absolute Gasteiger partial charge is 0.244 e. The van der Waals surface area contributed by atoms with E-state index in [9.17, 15) is 5.26 Å². The predicted molar refractivity (Wildman–Crippen MR) is 109 cm³/mol. The maximum absolute atomic E-state index is 9.89. The standard InChI is InChI=1S/C23H22N4O/c1-12-5-7-16(8-6-12)21-20-19(18-14(3)9-13(2)10-15(18)4)17(11-24)22(25)28-23(20)27-26-21/h5-10,19H,25H2,1-4H3,(H,26,27). The van der Waals surface area contributed by atoms with Crippen LogP contribution < -0.4 is 10.5 Å². The summed E-state index contributed by atoms with van der Waals surface area (Å²) in [5.74, 6) is 0.210. The largest absolute Gasteiger partial charge is 0.420 e. The van der Waals surface area contributed by atoms with E-state index in [1.54, 1.807) is 0 Å². The first-order valence-corrected chi connectivity index (χ1v) is 9.21. The van der Waals surface area contributed by atoms with E-state index in [2.05, 4.69) is 61.3 Å². The second-order valence-electron chi connectivity index (χ2n) is 7.42. The van der Waals surface area contributed by atoms with Crippen LogP contribution in [0.3, 0.4) is 0 Å². The number of benzene rings is 2. The van der Waals surface area contributed by atoms with Crippen molar-refractivity contribution in [3.63, 3.8) is 0 Å². The zero-order valence-electron chi connectivity index (χ0n) is 16.4. The lowest BCUT2D eigenvalue weighted by Crippen LogP contribution is -2.22. The Balaban J connectivity index is 2.01. The number of allylic oxidation sites excluding steroid dienone is 1. The molecule has 0 fully saturated rings. The lowest BCUT2D eigenvalue weighted by molar-refractivity contribution is 0.379. The minimum absolute atomic E-state index is 0.112. The van der Waals surface area contributed by atoms with E-state index in [4.69, 9.17) is 10.5 Å². The SMILES string of the molecule is Cc1ccc(-c2[nH]nc3c2C(c2c(C)cc(C)cc2C)C(C#N)=C(N)O3)cc1. The van der Waals surface area contributed by atoms with Crippen molar-refractivity contribution in [3.8, 4) is 23.2 Å². The van der Waals surface area contributed by atoms with Gasteiger partial charge in [-0.3, -0.25) is 5.10 Å². The van der Waals surface area contributed by atoms with Crippen molar-refractivity contribution in [3.05, 3.63) is 81.2 Å². The molecule has 3 N–H and O–H groups in total. The molecule has 1 aromatic heterocycles. The van der Waals surface area contributed by atoms with E-state index in [-0.39, 0.29) is 11.8 Å². The molecule has 1 aliphatic rings. The zero-order chi connectivity index (χ0) is 20.0. The van der Waals surface area contributed by atoms with Crippen LogP contribution in [0.1, 0.15) is 39.3 Å². The van der Waals surface area contributed by atoms with Gasteiger partial charge in [0.25, 0.3) is 0 Å². The summed E-state index contributed by atoms with van der Waals surface area (Å²) < 4.78 is 5.71. The highest BCUT2D eigenvalue weighted by molar-refractivity contribution is 5.71. The normalized spacial score (nSPS) is 15.8. The molecule has 3 aromatic rings. The molecule has 0 saturated heterocycles. The Bertz CT molecular complexity index is 1120. The lowest BCUT2D eigenvalue weighted by Gasteiger charge is -2.27. The summed E-state index contributed by atoms with van der Waals surface area (Å²) in [5.41, 5.74) is 14.9. The number of nitrogens with two attached hydrogens (primary N) is 1. The number of fused-ring (bicyclic) bond motifs is 1. The Morgan fingerprint density at radius 1 is 1.00 bits per heavy atom. The molecular formula is C23H22N4O. The Labute approximate surface area is 164 Å². The van der Waals surface area contributed by atoms with Gasteiger partial charge in [-0.25, -0.2) is 0 Å². The number of H-pyrrole nitrogens is 1. The second kappa shape index (κ2) is 6.58. The number of ether oxygens (including phenoxy) is 1. The number of aromatic amines is 1. The molecule has 28 heavy (non-hydrogen) atoms. The Hall–Kier alpha value is -3.52. The molecule has 1 atom stereocenters. The van der Waals surface area contributed by atoms with Gasteiger partial charge >= 0.3 is 0 Å². The van der Waals surface area contributed by atoms with Crippen LogP contribution in [0.25, 0.3) is 11.3 Å². The highest BCUT2D eigenvalue weighted by atomic mass is 16.5. The molecule has 140 valence electrons. The van der Waals surface area contributed by atoms with Crippen molar-refractivity contribution in [1.29, 1.82) is 5.26 Å². The number of nitrogens with one attached hydrogen (secondary N) is 1. The van der Waals surface area contributed by atoms with Crippen LogP contribution in [0.2, 0.25) is 0 Å². The van der Waals surface area contributed by atoms with Gasteiger partial charge in [0.2, 0.25) is 11.8 Å². The average molecular weight is 370 g/mol. The van der Waals surface area contributed by atoms with E-state index in [1.165, 1.54) is 11.1 Å². The predicted octanol–water partition coefficient (Wildman–Crippen LogP) is 4.53. The first-order valence-electron chi connectivity index (χ1n) is 9.21. The summed E-state index contributed by atoms with van der Waals surface area (Å²) in [4.78, 5) is 0. The number of nitrogens with zero attached hydrogens (tertiary/aromatic N) is 2.